The number of H-pyrrole nitrogens is 1. The predicted molar refractivity (Wildman–Crippen MR) is 79.8 cm³/mol. The first-order valence-electron chi connectivity index (χ1n) is 6.73. The zero-order valence-corrected chi connectivity index (χ0v) is 12.0. The van der Waals surface area contributed by atoms with E-state index in [9.17, 15) is 14.9 Å². The second-order valence-electron chi connectivity index (χ2n) is 4.61. The third-order valence-electron chi connectivity index (χ3n) is 3.20. The first kappa shape index (κ1) is 15.0. The van der Waals surface area contributed by atoms with Gasteiger partial charge in [0.2, 0.25) is 0 Å². The van der Waals surface area contributed by atoms with Crippen LogP contribution in [-0.4, -0.2) is 34.2 Å². The molecule has 0 atom stereocenters. The average molecular weight is 294 g/mol. The smallest absolute Gasteiger partial charge is 0.326 e. The zero-order chi connectivity index (χ0) is 15.4. The molecule has 0 aliphatic heterocycles. The van der Waals surface area contributed by atoms with Gasteiger partial charge in [-0.25, -0.2) is 4.79 Å². The van der Waals surface area contributed by atoms with Gasteiger partial charge in [0.25, 0.3) is 5.69 Å². The Hall–Kier alpha value is -2.35. The largest absolute Gasteiger partial charge is 0.382 e. The summed E-state index contributed by atoms with van der Waals surface area (Å²) >= 11 is 0. The third-order valence-corrected chi connectivity index (χ3v) is 3.20. The molecule has 0 spiro atoms. The van der Waals surface area contributed by atoms with Crippen LogP contribution < -0.4 is 11.0 Å². The Labute approximate surface area is 120 Å². The molecule has 0 saturated heterocycles. The maximum atomic E-state index is 11.6. The van der Waals surface area contributed by atoms with Gasteiger partial charge in [-0.05, 0) is 19.4 Å². The Morgan fingerprint density at radius 2 is 2.24 bits per heavy atom. The van der Waals surface area contributed by atoms with Crippen molar-refractivity contribution in [3.8, 4) is 0 Å². The highest BCUT2D eigenvalue weighted by Gasteiger charge is 2.17. The monoisotopic (exact) mass is 294 g/mol. The molecule has 8 nitrogen and oxygen atoms in total. The van der Waals surface area contributed by atoms with Crippen molar-refractivity contribution >= 4 is 22.4 Å². The number of aromatic nitrogens is 2. The molecule has 8 heteroatoms. The molecule has 2 aromatic rings. The molecule has 114 valence electrons. The van der Waals surface area contributed by atoms with Crippen LogP contribution in [0.15, 0.2) is 16.9 Å². The van der Waals surface area contributed by atoms with Gasteiger partial charge in [-0.3, -0.25) is 14.7 Å². The Balaban J connectivity index is 2.27. The van der Waals surface area contributed by atoms with Gasteiger partial charge in [-0.2, -0.15) is 0 Å². The molecule has 1 aromatic heterocycles. The molecule has 0 amide bonds. The van der Waals surface area contributed by atoms with Crippen LogP contribution in [0.5, 0.6) is 0 Å². The maximum absolute atomic E-state index is 11.6. The number of imidazole rings is 1. The highest BCUT2D eigenvalue weighted by atomic mass is 16.6. The molecular formula is C13H18N4O4. The summed E-state index contributed by atoms with van der Waals surface area (Å²) in [4.78, 5) is 24.8. The summed E-state index contributed by atoms with van der Waals surface area (Å²) < 4.78 is 6.64. The van der Waals surface area contributed by atoms with Crippen LogP contribution in [0.25, 0.3) is 11.0 Å². The number of aryl methyl sites for hydroxylation is 1. The molecule has 0 unspecified atom stereocenters. The number of ether oxygens (including phenoxy) is 1. The molecule has 0 saturated carbocycles. The fraction of sp³-hybridized carbons (Fsp3) is 0.462. The maximum Gasteiger partial charge on any atom is 0.326 e. The lowest BCUT2D eigenvalue weighted by Gasteiger charge is -2.08. The summed E-state index contributed by atoms with van der Waals surface area (Å²) in [5.74, 6) is 0. The number of hydrogen-bond acceptors (Lipinski definition) is 5. The van der Waals surface area contributed by atoms with Crippen LogP contribution in [0.4, 0.5) is 11.4 Å². The van der Waals surface area contributed by atoms with Gasteiger partial charge < -0.3 is 15.0 Å². The van der Waals surface area contributed by atoms with Crippen LogP contribution in [0.3, 0.4) is 0 Å². The van der Waals surface area contributed by atoms with E-state index in [1.54, 1.807) is 13.1 Å². The number of rotatable bonds is 7. The second kappa shape index (κ2) is 6.40. The number of nitrogens with zero attached hydrogens (tertiary/aromatic N) is 2. The number of nitro groups is 1. The first-order chi connectivity index (χ1) is 10.0. The van der Waals surface area contributed by atoms with E-state index in [0.29, 0.717) is 36.5 Å². The Morgan fingerprint density at radius 1 is 1.48 bits per heavy atom. The van der Waals surface area contributed by atoms with Crippen LogP contribution in [0, 0.1) is 10.1 Å². The Kier molecular flexibility index (Phi) is 4.59. The van der Waals surface area contributed by atoms with Gasteiger partial charge in [0.15, 0.2) is 0 Å². The molecule has 0 bridgehead atoms. The lowest BCUT2D eigenvalue weighted by molar-refractivity contribution is -0.383. The van der Waals surface area contributed by atoms with Gasteiger partial charge in [0.1, 0.15) is 5.69 Å². The summed E-state index contributed by atoms with van der Waals surface area (Å²) in [6.07, 6.45) is 0.745. The predicted octanol–water partition coefficient (Wildman–Crippen LogP) is 1.61. The molecule has 0 aliphatic carbocycles. The van der Waals surface area contributed by atoms with Crippen molar-refractivity contribution in [3.05, 3.63) is 32.7 Å². The van der Waals surface area contributed by atoms with Gasteiger partial charge >= 0.3 is 5.69 Å². The number of hydrogen-bond donors (Lipinski definition) is 2. The van der Waals surface area contributed by atoms with Crippen molar-refractivity contribution in [2.24, 2.45) is 7.05 Å². The summed E-state index contributed by atoms with van der Waals surface area (Å²) in [6.45, 7) is 3.73. The highest BCUT2D eigenvalue weighted by Crippen LogP contribution is 2.28. The number of benzene rings is 1. The molecule has 1 heterocycles. The van der Waals surface area contributed by atoms with E-state index < -0.39 is 4.92 Å². The van der Waals surface area contributed by atoms with Crippen LogP contribution in [0.1, 0.15) is 13.3 Å². The van der Waals surface area contributed by atoms with E-state index in [-0.39, 0.29) is 11.4 Å². The average Bonchev–Trinajstić information content (AvgIpc) is 2.73. The van der Waals surface area contributed by atoms with E-state index in [4.69, 9.17) is 4.74 Å². The Morgan fingerprint density at radius 3 is 2.90 bits per heavy atom. The van der Waals surface area contributed by atoms with Gasteiger partial charge in [-0.15, -0.1) is 0 Å². The fourth-order valence-corrected chi connectivity index (χ4v) is 2.10. The van der Waals surface area contributed by atoms with Gasteiger partial charge in [0.05, 0.1) is 16.0 Å². The van der Waals surface area contributed by atoms with E-state index in [2.05, 4.69) is 10.3 Å². The van der Waals surface area contributed by atoms with Gasteiger partial charge in [0, 0.05) is 32.9 Å². The standard InChI is InChI=1S/C13H18N4O4/c1-3-21-6-4-5-14-9-7-11-10(8-12(9)17(19)20)15-13(18)16(11)2/h7-8,14H,3-6H2,1-2H3,(H,15,18). The topological polar surface area (TPSA) is 102 Å². The number of aromatic amines is 1. The first-order valence-corrected chi connectivity index (χ1v) is 6.73. The molecule has 2 rings (SSSR count). The van der Waals surface area contributed by atoms with Crippen LogP contribution >= 0.6 is 0 Å². The van der Waals surface area contributed by atoms with Crippen LogP contribution in [0.2, 0.25) is 0 Å². The summed E-state index contributed by atoms with van der Waals surface area (Å²) in [6, 6.07) is 2.99. The molecule has 0 fully saturated rings. The summed E-state index contributed by atoms with van der Waals surface area (Å²) in [5.41, 5.74) is 1.12. The highest BCUT2D eigenvalue weighted by molar-refractivity contribution is 5.85. The molecule has 21 heavy (non-hydrogen) atoms. The van der Waals surface area contributed by atoms with E-state index in [1.807, 2.05) is 6.92 Å². The molecule has 2 N–H and O–H groups in total. The number of anilines is 1. The van der Waals surface area contributed by atoms with Crippen LogP contribution in [-0.2, 0) is 11.8 Å². The second-order valence-corrected chi connectivity index (χ2v) is 4.61. The van der Waals surface area contributed by atoms with Crippen molar-refractivity contribution in [2.45, 2.75) is 13.3 Å². The summed E-state index contributed by atoms with van der Waals surface area (Å²) in [7, 11) is 1.62. The molecule has 1 aromatic carbocycles. The lowest BCUT2D eigenvalue weighted by atomic mass is 10.2. The Bertz CT molecular complexity index is 704. The minimum atomic E-state index is -0.463. The van der Waals surface area contributed by atoms with Crippen molar-refractivity contribution in [1.82, 2.24) is 9.55 Å². The number of nitrogens with one attached hydrogen (secondary N) is 2. The van der Waals surface area contributed by atoms with Crippen molar-refractivity contribution in [2.75, 3.05) is 25.1 Å². The fourth-order valence-electron chi connectivity index (χ4n) is 2.10. The molecule has 0 radical (unpaired) electrons. The van der Waals surface area contributed by atoms with Crippen molar-refractivity contribution in [3.63, 3.8) is 0 Å². The molecular weight excluding hydrogens is 276 g/mol. The quantitative estimate of drug-likeness (QED) is 0.459. The number of nitro benzene ring substituents is 1. The van der Waals surface area contributed by atoms with E-state index in [0.717, 1.165) is 6.42 Å². The van der Waals surface area contributed by atoms with E-state index >= 15 is 0 Å². The lowest BCUT2D eigenvalue weighted by Crippen LogP contribution is -2.12. The molecule has 0 aliphatic rings. The minimum absolute atomic E-state index is 0.0549. The third kappa shape index (κ3) is 3.22. The van der Waals surface area contributed by atoms with E-state index in [1.165, 1.54) is 10.6 Å². The normalized spacial score (nSPS) is 11.0. The van der Waals surface area contributed by atoms with Gasteiger partial charge in [-0.1, -0.05) is 0 Å². The zero-order valence-electron chi connectivity index (χ0n) is 12.0. The summed E-state index contributed by atoms with van der Waals surface area (Å²) in [5, 5.41) is 14.2. The van der Waals surface area contributed by atoms with Crippen molar-refractivity contribution in [1.29, 1.82) is 0 Å². The minimum Gasteiger partial charge on any atom is -0.382 e. The van der Waals surface area contributed by atoms with Crippen molar-refractivity contribution < 1.29 is 9.66 Å². The SMILES string of the molecule is CCOCCCNc1cc2c(cc1[N+](=O)[O-])[nH]c(=O)n2C. The number of fused-ring (bicyclic) bond motifs is 1.